The van der Waals surface area contributed by atoms with Crippen LogP contribution in [0, 0.1) is 11.8 Å². The summed E-state index contributed by atoms with van der Waals surface area (Å²) in [6.07, 6.45) is 2.82. The quantitative estimate of drug-likeness (QED) is 0.434. The Morgan fingerprint density at radius 3 is 2.73 bits per heavy atom. The summed E-state index contributed by atoms with van der Waals surface area (Å²) in [5.41, 5.74) is 2.34. The van der Waals surface area contributed by atoms with E-state index in [0.717, 1.165) is 17.2 Å². The van der Waals surface area contributed by atoms with Gasteiger partial charge in [0.25, 0.3) is 5.91 Å². The largest absolute Gasteiger partial charge is 0.481 e. The summed E-state index contributed by atoms with van der Waals surface area (Å²) in [4.78, 5) is 11.9. The van der Waals surface area contributed by atoms with E-state index in [4.69, 9.17) is 9.94 Å². The van der Waals surface area contributed by atoms with Gasteiger partial charge in [0.05, 0.1) is 0 Å². The first kappa shape index (κ1) is 19.8. The van der Waals surface area contributed by atoms with Crippen LogP contribution in [0.2, 0.25) is 0 Å². The summed E-state index contributed by atoms with van der Waals surface area (Å²) < 4.78 is 29.7. The number of ether oxygens (including phenoxy) is 1. The van der Waals surface area contributed by atoms with E-state index in [9.17, 15) is 13.2 Å². The predicted molar refractivity (Wildman–Crippen MR) is 98.7 cm³/mol. The molecule has 8 heteroatoms. The van der Waals surface area contributed by atoms with Crippen LogP contribution in [0.25, 0.3) is 10.9 Å². The molecule has 1 aromatic heterocycles. The Bertz CT molecular complexity index is 968. The molecule has 140 valence electrons. The highest BCUT2D eigenvalue weighted by Gasteiger charge is 2.43. The van der Waals surface area contributed by atoms with Crippen LogP contribution in [0.15, 0.2) is 30.5 Å². The number of nitrogens with zero attached hydrogens (tertiary/aromatic N) is 1. The van der Waals surface area contributed by atoms with E-state index in [1.165, 1.54) is 12.4 Å². The lowest BCUT2D eigenvalue weighted by Crippen LogP contribution is -2.49. The van der Waals surface area contributed by atoms with E-state index in [1.54, 1.807) is 6.92 Å². The first-order valence-electron chi connectivity index (χ1n) is 7.98. The van der Waals surface area contributed by atoms with Crippen molar-refractivity contribution in [3.8, 4) is 17.6 Å². The van der Waals surface area contributed by atoms with Gasteiger partial charge in [0.2, 0.25) is 0 Å². The number of carbonyl (C=O) groups is 1. The summed E-state index contributed by atoms with van der Waals surface area (Å²) in [6, 6.07) is 7.44. The molecule has 1 heterocycles. The Labute approximate surface area is 152 Å². The fourth-order valence-electron chi connectivity index (χ4n) is 2.57. The topological polar surface area (TPSA) is 97.6 Å². The second kappa shape index (κ2) is 7.81. The molecule has 0 bridgehead atoms. The smallest absolute Gasteiger partial charge is 0.264 e. The minimum absolute atomic E-state index is 0.0202. The Morgan fingerprint density at radius 2 is 2.12 bits per heavy atom. The summed E-state index contributed by atoms with van der Waals surface area (Å²) >= 11 is 0. The molecule has 1 aromatic carbocycles. The number of sulfone groups is 1. The van der Waals surface area contributed by atoms with Gasteiger partial charge in [-0.3, -0.25) is 10.0 Å². The molecule has 0 aliphatic heterocycles. The van der Waals surface area contributed by atoms with Crippen molar-refractivity contribution in [2.75, 3.05) is 12.9 Å². The number of amides is 1. The molecule has 1 atom stereocenters. The number of hydrogen-bond acceptors (Lipinski definition) is 5. The van der Waals surface area contributed by atoms with Gasteiger partial charge in [-0.05, 0) is 44.5 Å². The minimum atomic E-state index is -3.72. The van der Waals surface area contributed by atoms with Crippen LogP contribution in [-0.2, 0) is 21.2 Å². The number of nitrogens with one attached hydrogen (secondary N) is 1. The molecule has 0 unspecified atom stereocenters. The molecule has 0 aliphatic carbocycles. The van der Waals surface area contributed by atoms with Crippen LogP contribution in [0.1, 0.15) is 20.3 Å². The molecule has 7 nitrogen and oxygen atoms in total. The Balaban J connectivity index is 2.22. The Morgan fingerprint density at radius 1 is 1.38 bits per heavy atom. The lowest BCUT2D eigenvalue weighted by Gasteiger charge is -2.25. The second-order valence-electron chi connectivity index (χ2n) is 6.14. The van der Waals surface area contributed by atoms with Gasteiger partial charge >= 0.3 is 0 Å². The van der Waals surface area contributed by atoms with E-state index >= 15 is 0 Å². The number of aryl methyl sites for hydroxylation is 1. The number of aromatic nitrogens is 1. The summed E-state index contributed by atoms with van der Waals surface area (Å²) in [7, 11) is -3.72. The average Bonchev–Trinajstić information content (AvgIpc) is 3.00. The molecule has 1 amide bonds. The van der Waals surface area contributed by atoms with Crippen LogP contribution in [0.4, 0.5) is 0 Å². The minimum Gasteiger partial charge on any atom is -0.481 e. The lowest BCUT2D eigenvalue weighted by molar-refractivity contribution is -0.131. The van der Waals surface area contributed by atoms with Gasteiger partial charge in [-0.25, -0.2) is 13.9 Å². The third-order valence-corrected chi connectivity index (χ3v) is 6.49. The second-order valence-corrected chi connectivity index (χ2v) is 8.58. The molecule has 26 heavy (non-hydrogen) atoms. The first-order chi connectivity index (χ1) is 12.2. The fraction of sp³-hybridized carbons (Fsp3) is 0.389. The van der Waals surface area contributed by atoms with Gasteiger partial charge in [0.1, 0.15) is 12.4 Å². The maximum Gasteiger partial charge on any atom is 0.264 e. The van der Waals surface area contributed by atoms with Crippen LogP contribution < -0.4 is 10.2 Å². The molecule has 2 N–H and O–H groups in total. The van der Waals surface area contributed by atoms with Crippen LogP contribution >= 0.6 is 0 Å². The van der Waals surface area contributed by atoms with Gasteiger partial charge in [-0.2, -0.15) is 0 Å². The van der Waals surface area contributed by atoms with Gasteiger partial charge < -0.3 is 9.30 Å². The number of fused-ring (bicyclic) bond motifs is 1. The summed E-state index contributed by atoms with van der Waals surface area (Å²) in [6.45, 7) is 3.65. The van der Waals surface area contributed by atoms with Crippen molar-refractivity contribution < 1.29 is 23.2 Å². The Kier molecular flexibility index (Phi) is 5.95. The molecular weight excluding hydrogens is 356 g/mol. The van der Waals surface area contributed by atoms with Crippen molar-refractivity contribution in [3.05, 3.63) is 30.5 Å². The predicted octanol–water partition coefficient (Wildman–Crippen LogP) is 1.74. The van der Waals surface area contributed by atoms with Crippen molar-refractivity contribution in [3.63, 3.8) is 0 Å². The monoisotopic (exact) mass is 378 g/mol. The van der Waals surface area contributed by atoms with Gasteiger partial charge in [0, 0.05) is 29.9 Å². The maximum atomic E-state index is 12.0. The molecule has 0 saturated carbocycles. The maximum absolute atomic E-state index is 12.0. The normalized spacial score (nSPS) is 13.5. The highest BCUT2D eigenvalue weighted by molar-refractivity contribution is 7.92. The third kappa shape index (κ3) is 4.00. The highest BCUT2D eigenvalue weighted by atomic mass is 32.2. The van der Waals surface area contributed by atoms with E-state index < -0.39 is 20.5 Å². The molecule has 0 radical (unpaired) electrons. The van der Waals surface area contributed by atoms with E-state index in [0.29, 0.717) is 18.9 Å². The molecule has 0 aliphatic rings. The molecule has 2 aromatic rings. The van der Waals surface area contributed by atoms with Crippen molar-refractivity contribution in [2.45, 2.75) is 31.6 Å². The van der Waals surface area contributed by atoms with Crippen molar-refractivity contribution in [1.29, 1.82) is 0 Å². The number of rotatable bonds is 7. The SMILES string of the molecule is CC#CCOc1ccc2c(ccn2CC[C@@](C)(C(=O)NO)S(C)(=O)=O)c1. The average molecular weight is 378 g/mol. The molecule has 0 saturated heterocycles. The highest BCUT2D eigenvalue weighted by Crippen LogP contribution is 2.26. The number of carbonyl (C=O) groups excluding carboxylic acids is 1. The number of benzene rings is 1. The summed E-state index contributed by atoms with van der Waals surface area (Å²) in [5, 5.41) is 9.82. The molecule has 2 rings (SSSR count). The van der Waals surface area contributed by atoms with Crippen LogP contribution in [0.5, 0.6) is 5.75 Å². The Hall–Kier alpha value is -2.50. The van der Waals surface area contributed by atoms with E-state index in [1.807, 2.05) is 35.0 Å². The third-order valence-electron chi connectivity index (χ3n) is 4.46. The number of hydrogen-bond donors (Lipinski definition) is 2. The van der Waals surface area contributed by atoms with Gasteiger partial charge in [-0.15, -0.1) is 5.92 Å². The van der Waals surface area contributed by atoms with Crippen molar-refractivity contribution in [2.24, 2.45) is 0 Å². The van der Waals surface area contributed by atoms with Crippen LogP contribution in [0.3, 0.4) is 0 Å². The van der Waals surface area contributed by atoms with E-state index in [-0.39, 0.29) is 6.42 Å². The molecule has 0 spiro atoms. The fourth-order valence-corrected chi connectivity index (χ4v) is 3.42. The summed E-state index contributed by atoms with van der Waals surface area (Å²) in [5.74, 6) is 5.33. The zero-order chi connectivity index (χ0) is 19.4. The van der Waals surface area contributed by atoms with Gasteiger partial charge in [0.15, 0.2) is 14.6 Å². The van der Waals surface area contributed by atoms with E-state index in [2.05, 4.69) is 11.8 Å². The lowest BCUT2D eigenvalue weighted by atomic mass is 10.1. The first-order valence-corrected chi connectivity index (χ1v) is 9.87. The number of hydroxylamine groups is 1. The zero-order valence-corrected chi connectivity index (χ0v) is 15.8. The van der Waals surface area contributed by atoms with Crippen molar-refractivity contribution >= 4 is 26.6 Å². The van der Waals surface area contributed by atoms with Crippen molar-refractivity contribution in [1.82, 2.24) is 10.0 Å². The molecule has 0 fully saturated rings. The van der Waals surface area contributed by atoms with Crippen LogP contribution in [-0.4, -0.2) is 41.7 Å². The standard InChI is InChI=1S/C18H22N2O5S/c1-4-5-12-25-15-6-7-16-14(13-15)8-10-20(16)11-9-18(2,17(21)19-22)26(3,23)24/h6-8,10,13,22H,9,11-12H2,1-3H3,(H,19,21)/t18-/m0/s1. The molecular formula is C18H22N2O5S. The zero-order valence-electron chi connectivity index (χ0n) is 14.9. The van der Waals surface area contributed by atoms with Gasteiger partial charge in [-0.1, -0.05) is 5.92 Å².